The van der Waals surface area contributed by atoms with Crippen LogP contribution in [0.2, 0.25) is 0 Å². The second-order valence-corrected chi connectivity index (χ2v) is 17.8. The van der Waals surface area contributed by atoms with Gasteiger partial charge in [0, 0.05) is 112 Å². The van der Waals surface area contributed by atoms with Crippen LogP contribution >= 0.6 is 0 Å². The van der Waals surface area contributed by atoms with Gasteiger partial charge in [-0.15, -0.1) is 0 Å². The predicted molar refractivity (Wildman–Crippen MR) is 242 cm³/mol. The molecule has 70 heavy (non-hydrogen) atoms. The number of piperidine rings is 2. The van der Waals surface area contributed by atoms with Crippen molar-refractivity contribution in [2.75, 3.05) is 72.9 Å². The van der Waals surface area contributed by atoms with E-state index >= 15 is 0 Å². The van der Waals surface area contributed by atoms with Gasteiger partial charge in [-0.3, -0.25) is 19.2 Å². The quantitative estimate of drug-likeness (QED) is 0.131. The number of aromatic nitrogens is 8. The lowest BCUT2D eigenvalue weighted by molar-refractivity contribution is -0.140. The average Bonchev–Trinajstić information content (AvgIpc) is 3.90. The molecule has 0 spiro atoms. The Kier molecular flexibility index (Phi) is 16.2. The molecule has 2 amide bonds. The summed E-state index contributed by atoms with van der Waals surface area (Å²) >= 11 is 0. The van der Waals surface area contributed by atoms with E-state index in [0.717, 1.165) is 24.8 Å². The van der Waals surface area contributed by atoms with Gasteiger partial charge in [-0.25, -0.2) is 30.1 Å². The molecule has 0 unspecified atom stereocenters. The molecule has 26 heteroatoms. The number of likely N-dealkylation sites (tertiary alicyclic amines) is 2. The van der Waals surface area contributed by atoms with Crippen molar-refractivity contribution in [2.45, 2.75) is 115 Å². The lowest BCUT2D eigenvalue weighted by atomic mass is 10.0. The molecule has 4 saturated heterocycles. The van der Waals surface area contributed by atoms with Crippen LogP contribution in [-0.2, 0) is 31.4 Å². The molecule has 0 aliphatic carbocycles. The van der Waals surface area contributed by atoms with E-state index in [0.29, 0.717) is 114 Å². The molecule has 0 bridgehead atoms. The maximum Gasteiger partial charge on any atom is 0.419 e. The molecular weight excluding hydrogens is 935 g/mol. The number of aromatic amines is 2. The maximum atomic E-state index is 12.9. The number of hydrogen-bond donors (Lipinski definition) is 4. The van der Waals surface area contributed by atoms with Gasteiger partial charge < -0.3 is 39.7 Å². The highest BCUT2D eigenvalue weighted by Gasteiger charge is 2.40. The standard InChI is InChI=1S/2C22H28F3N7O3/c2*1-13(29-17-11-28-30-19(33)14(17)2)12-35-18-5-8-32(20(18)34)16-3-6-31(7-4-16)21-26-9-15(10-27-21)22(23,24)25/h2*9-11,13,16,18H,3-8,12H2,1-2H3,(H2,29,30,33)/t13-,18+;13-,18-/m00/s1. The van der Waals surface area contributed by atoms with E-state index in [2.05, 4.69) is 51.0 Å². The topological polar surface area (TPSA) is 233 Å². The lowest BCUT2D eigenvalue weighted by Gasteiger charge is -2.36. The minimum Gasteiger partial charge on any atom is -0.379 e. The first-order valence-corrected chi connectivity index (χ1v) is 23.0. The molecule has 0 aromatic carbocycles. The van der Waals surface area contributed by atoms with Crippen LogP contribution in [0.3, 0.4) is 0 Å². The third kappa shape index (κ3) is 12.7. The average molecular weight is 991 g/mol. The van der Waals surface area contributed by atoms with Crippen molar-refractivity contribution in [3.63, 3.8) is 0 Å². The second kappa shape index (κ2) is 22.1. The molecule has 4 atom stereocenters. The number of halogens is 6. The Hall–Kier alpha value is -6.44. The first-order chi connectivity index (χ1) is 33.3. The number of nitrogens with one attached hydrogen (secondary N) is 4. The number of carbonyl (C=O) groups excluding carboxylic acids is 2. The summed E-state index contributed by atoms with van der Waals surface area (Å²) in [5.41, 5.74) is 0.0190. The zero-order valence-electron chi connectivity index (χ0n) is 39.0. The third-order valence-electron chi connectivity index (χ3n) is 12.8. The summed E-state index contributed by atoms with van der Waals surface area (Å²) in [6.45, 7) is 11.2. The predicted octanol–water partition coefficient (Wildman–Crippen LogP) is 3.95. The van der Waals surface area contributed by atoms with Crippen molar-refractivity contribution < 1.29 is 45.4 Å². The molecule has 380 valence electrons. The summed E-state index contributed by atoms with van der Waals surface area (Å²) in [5, 5.41) is 18.7. The van der Waals surface area contributed by atoms with Crippen LogP contribution in [0.4, 0.5) is 49.6 Å². The van der Waals surface area contributed by atoms with Crippen molar-refractivity contribution >= 4 is 35.1 Å². The Balaban J connectivity index is 0.000000206. The van der Waals surface area contributed by atoms with Gasteiger partial charge in [-0.2, -0.15) is 36.5 Å². The number of ether oxygens (including phenoxy) is 2. The SMILES string of the molecule is Cc1c(N[C@@H](C)CO[C@@H]2CCN(C3CCN(c4ncc(C(F)(F)F)cn4)CC3)C2=O)cn[nH]c1=O.Cc1c(N[C@@H](C)CO[C@H]2CCN(C3CCN(c4ncc(C(F)(F)F)cn4)CC3)C2=O)cn[nH]c1=O. The van der Waals surface area contributed by atoms with Gasteiger partial charge in [0.25, 0.3) is 22.9 Å². The number of hydrogen-bond acceptors (Lipinski definition) is 16. The van der Waals surface area contributed by atoms with Gasteiger partial charge in [-0.1, -0.05) is 0 Å². The van der Waals surface area contributed by atoms with E-state index in [1.165, 1.54) is 12.4 Å². The van der Waals surface area contributed by atoms with Crippen molar-refractivity contribution in [2.24, 2.45) is 0 Å². The molecule has 4 N–H and O–H groups in total. The lowest BCUT2D eigenvalue weighted by Crippen LogP contribution is -2.47. The first-order valence-electron chi connectivity index (χ1n) is 23.0. The minimum absolute atomic E-state index is 0.0436. The third-order valence-corrected chi connectivity index (χ3v) is 12.8. The van der Waals surface area contributed by atoms with E-state index < -0.39 is 35.7 Å². The van der Waals surface area contributed by atoms with Crippen LogP contribution in [-0.4, -0.2) is 151 Å². The highest BCUT2D eigenvalue weighted by Crippen LogP contribution is 2.32. The van der Waals surface area contributed by atoms with E-state index in [1.807, 2.05) is 33.4 Å². The van der Waals surface area contributed by atoms with Crippen LogP contribution in [0.25, 0.3) is 0 Å². The fourth-order valence-electron chi connectivity index (χ4n) is 8.74. The first kappa shape index (κ1) is 51.4. The summed E-state index contributed by atoms with van der Waals surface area (Å²) in [5.74, 6) is 0.432. The number of alkyl halides is 6. The summed E-state index contributed by atoms with van der Waals surface area (Å²) in [7, 11) is 0. The van der Waals surface area contributed by atoms with E-state index in [4.69, 9.17) is 9.47 Å². The second-order valence-electron chi connectivity index (χ2n) is 17.8. The molecule has 8 heterocycles. The molecule has 0 saturated carbocycles. The normalized spacial score (nSPS) is 20.4. The number of rotatable bonds is 14. The Labute approximate surface area is 398 Å². The summed E-state index contributed by atoms with van der Waals surface area (Å²) < 4.78 is 88.1. The van der Waals surface area contributed by atoms with Gasteiger partial charge in [0.2, 0.25) is 11.9 Å². The molecule has 4 aliphatic rings. The number of amides is 2. The number of anilines is 4. The van der Waals surface area contributed by atoms with E-state index in [-0.39, 0.29) is 59.0 Å². The fourth-order valence-corrected chi connectivity index (χ4v) is 8.74. The fraction of sp³-hybridized carbons (Fsp3) is 0.591. The van der Waals surface area contributed by atoms with Gasteiger partial charge in [0.15, 0.2) is 0 Å². The van der Waals surface area contributed by atoms with Gasteiger partial charge >= 0.3 is 12.4 Å². The molecule has 8 rings (SSSR count). The zero-order chi connectivity index (χ0) is 50.3. The molecular formula is C44H56F6N14O6. The van der Waals surface area contributed by atoms with Crippen molar-refractivity contribution in [3.8, 4) is 0 Å². The Morgan fingerprint density at radius 3 is 1.24 bits per heavy atom. The number of carbonyl (C=O) groups is 2. The molecule has 4 aromatic heterocycles. The van der Waals surface area contributed by atoms with Gasteiger partial charge in [0.1, 0.15) is 12.2 Å². The highest BCUT2D eigenvalue weighted by atomic mass is 19.4. The number of H-pyrrole nitrogens is 2. The molecule has 4 aromatic rings. The zero-order valence-corrected chi connectivity index (χ0v) is 39.0. The summed E-state index contributed by atoms with van der Waals surface area (Å²) in [6.07, 6.45) is 0.185. The van der Waals surface area contributed by atoms with Crippen LogP contribution in [0.1, 0.15) is 74.6 Å². The van der Waals surface area contributed by atoms with E-state index in [1.54, 1.807) is 13.8 Å². The smallest absolute Gasteiger partial charge is 0.379 e. The van der Waals surface area contributed by atoms with Crippen molar-refractivity contribution in [3.05, 3.63) is 80.1 Å². The van der Waals surface area contributed by atoms with Crippen LogP contribution < -0.4 is 31.6 Å². The molecule has 0 radical (unpaired) electrons. The van der Waals surface area contributed by atoms with Crippen LogP contribution in [0.15, 0.2) is 46.8 Å². The Bertz CT molecular complexity index is 2340. The Morgan fingerprint density at radius 2 is 0.914 bits per heavy atom. The molecule has 4 aliphatic heterocycles. The summed E-state index contributed by atoms with van der Waals surface area (Å²) in [4.78, 5) is 72.1. The van der Waals surface area contributed by atoms with E-state index in [9.17, 15) is 45.5 Å². The maximum absolute atomic E-state index is 12.9. The van der Waals surface area contributed by atoms with Crippen LogP contribution in [0.5, 0.6) is 0 Å². The van der Waals surface area contributed by atoms with Gasteiger partial charge in [0.05, 0.1) is 48.1 Å². The summed E-state index contributed by atoms with van der Waals surface area (Å²) in [6, 6.07) is -0.179. The van der Waals surface area contributed by atoms with Crippen LogP contribution in [0, 0.1) is 13.8 Å². The van der Waals surface area contributed by atoms with Gasteiger partial charge in [-0.05, 0) is 53.4 Å². The minimum atomic E-state index is -4.47. The number of nitrogens with zero attached hydrogens (tertiary/aromatic N) is 10. The monoisotopic (exact) mass is 990 g/mol. The largest absolute Gasteiger partial charge is 0.419 e. The van der Waals surface area contributed by atoms with Crippen molar-refractivity contribution in [1.29, 1.82) is 0 Å². The Morgan fingerprint density at radius 1 is 0.571 bits per heavy atom. The molecule has 20 nitrogen and oxygen atoms in total. The highest BCUT2D eigenvalue weighted by molar-refractivity contribution is 5.84. The molecule has 4 fully saturated rings. The van der Waals surface area contributed by atoms with Crippen molar-refractivity contribution in [1.82, 2.24) is 50.1 Å².